The average molecular weight is 900 g/mol. The van der Waals surface area contributed by atoms with Crippen molar-refractivity contribution in [3.8, 4) is 0 Å². The second kappa shape index (κ2) is 30.7. The van der Waals surface area contributed by atoms with Gasteiger partial charge in [0.2, 0.25) is 0 Å². The molecule has 0 saturated heterocycles. The fourth-order valence-electron chi connectivity index (χ4n) is 2.80. The van der Waals surface area contributed by atoms with Crippen molar-refractivity contribution in [2.75, 3.05) is 0 Å². The van der Waals surface area contributed by atoms with E-state index in [1.54, 1.807) is 121 Å². The Morgan fingerprint density at radius 3 is 0.542 bits per heavy atom. The van der Waals surface area contributed by atoms with Crippen molar-refractivity contribution >= 4 is 83.8 Å². The van der Waals surface area contributed by atoms with Crippen LogP contribution in [-0.4, -0.2) is 47.8 Å². The van der Waals surface area contributed by atoms with E-state index >= 15 is 0 Å². The van der Waals surface area contributed by atoms with Crippen LogP contribution in [0, 0.1) is 23.7 Å². The molecule has 4 aromatic rings. The van der Waals surface area contributed by atoms with Gasteiger partial charge >= 0.3 is 47.8 Å². The normalized spacial score (nSPS) is 10.0. The molecule has 256 valence electrons. The molecule has 4 rings (SSSR count). The predicted octanol–water partition coefficient (Wildman–Crippen LogP) is 8.27. The molecule has 4 aromatic carbocycles. The summed E-state index contributed by atoms with van der Waals surface area (Å²) >= 11 is 0. The van der Waals surface area contributed by atoms with Gasteiger partial charge in [0.25, 0.3) is 0 Å². The quantitative estimate of drug-likeness (QED) is 0.153. The molecule has 0 aromatic heterocycles. The van der Waals surface area contributed by atoms with E-state index in [4.69, 9.17) is 0 Å². The van der Waals surface area contributed by atoms with Crippen LogP contribution in [0.25, 0.3) is 0 Å². The third-order valence-corrected chi connectivity index (χ3v) is 8.30. The van der Waals surface area contributed by atoms with Gasteiger partial charge in [-0.05, 0) is 23.7 Å². The first-order valence-electron chi connectivity index (χ1n) is 15.3. The van der Waals surface area contributed by atoms with Crippen LogP contribution in [0.5, 0.6) is 0 Å². The molecule has 8 radical (unpaired) electrons. The molecular weight excluding hydrogens is 844 g/mol. The summed E-state index contributed by atoms with van der Waals surface area (Å²) in [5.74, 6) is 5.67. The van der Waals surface area contributed by atoms with Crippen molar-refractivity contribution in [3.05, 3.63) is 145 Å². The maximum atomic E-state index is 12.1. The van der Waals surface area contributed by atoms with Crippen LogP contribution in [-0.2, 0) is 9.13 Å². The summed E-state index contributed by atoms with van der Waals surface area (Å²) in [6, 6.07) is 33.9. The summed E-state index contributed by atoms with van der Waals surface area (Å²) in [5.41, 5.74) is 0. The molecule has 0 N–H and O–H groups in total. The zero-order valence-electron chi connectivity index (χ0n) is 31.1. The molecule has 0 heterocycles. The van der Waals surface area contributed by atoms with Gasteiger partial charge in [-0.1, -0.05) is 204 Å². The van der Waals surface area contributed by atoms with Crippen LogP contribution in [0.3, 0.4) is 0 Å². The molecule has 0 aliphatic rings. The zero-order chi connectivity index (χ0) is 35.8. The molecule has 0 spiro atoms. The van der Waals surface area contributed by atoms with Gasteiger partial charge in [-0.3, -0.25) is 0 Å². The molecule has 4 nitrogen and oxygen atoms in total. The zero-order valence-corrected chi connectivity index (χ0v) is 38.6. The third kappa shape index (κ3) is 28.7. The first-order chi connectivity index (χ1) is 21.3. The van der Waals surface area contributed by atoms with E-state index in [9.17, 15) is 18.9 Å². The molecule has 48 heavy (non-hydrogen) atoms. The smallest absolute Gasteiger partial charge is 0.793 e. The maximum Gasteiger partial charge on any atom is 2.00 e. The van der Waals surface area contributed by atoms with E-state index in [2.05, 4.69) is 83.1 Å². The van der Waals surface area contributed by atoms with Crippen LogP contribution in [0.4, 0.5) is 0 Å². The fraction of sp³-hybridized carbons (Fsp3) is 0.300. The summed E-state index contributed by atoms with van der Waals surface area (Å²) in [7, 11) is -7.29. The van der Waals surface area contributed by atoms with Gasteiger partial charge in [0, 0.05) is 21.2 Å². The molecule has 8 heteroatoms. The Labute approximate surface area is 328 Å². The van der Waals surface area contributed by atoms with Gasteiger partial charge in [-0.15, -0.1) is 0 Å². The average Bonchev–Trinajstić information content (AvgIpc) is 2.98. The Kier molecular flexibility index (Phi) is 34.3. The second-order valence-corrected chi connectivity index (χ2v) is 16.7. The Bertz CT molecular complexity index is 1130. The van der Waals surface area contributed by atoms with Gasteiger partial charge in [0.15, 0.2) is 0 Å². The molecule has 0 amide bonds. The summed E-state index contributed by atoms with van der Waals surface area (Å²) in [6.07, 6.45) is 0. The third-order valence-electron chi connectivity index (χ3n) is 4.38. The van der Waals surface area contributed by atoms with Crippen molar-refractivity contribution in [1.29, 1.82) is 0 Å². The minimum atomic E-state index is -3.65. The first kappa shape index (κ1) is 53.6. The van der Waals surface area contributed by atoms with Gasteiger partial charge in [0.1, 0.15) is 0 Å². The number of benzene rings is 4. The van der Waals surface area contributed by atoms with E-state index in [0.717, 1.165) is 0 Å². The topological polar surface area (TPSA) is 80.3 Å². The number of rotatable bonds is 4. The Morgan fingerprint density at radius 1 is 0.333 bits per heavy atom. The summed E-state index contributed by atoms with van der Waals surface area (Å²) in [6.45, 7) is 25.0. The van der Waals surface area contributed by atoms with Crippen LogP contribution >= 0.6 is 14.7 Å². The van der Waals surface area contributed by atoms with Gasteiger partial charge in [0.05, 0.1) is 14.7 Å². The number of hydrogen-bond donors (Lipinski definition) is 0. The number of hydrogen-bond acceptors (Lipinski definition) is 4. The van der Waals surface area contributed by atoms with Crippen molar-refractivity contribution in [3.63, 3.8) is 0 Å². The van der Waals surface area contributed by atoms with Crippen LogP contribution < -0.4 is 31.0 Å². The van der Waals surface area contributed by atoms with E-state index in [1.807, 2.05) is 0 Å². The van der Waals surface area contributed by atoms with E-state index in [-0.39, 0.29) is 47.8 Å². The fourth-order valence-corrected chi connectivity index (χ4v) is 5.65. The maximum absolute atomic E-state index is 12.1. The molecule has 0 aliphatic carbocycles. The van der Waals surface area contributed by atoms with E-state index in [0.29, 0.717) is 21.2 Å². The van der Waals surface area contributed by atoms with Crippen LogP contribution in [0.2, 0.25) is 0 Å². The summed E-state index contributed by atoms with van der Waals surface area (Å²) < 4.78 is 24.1. The van der Waals surface area contributed by atoms with Gasteiger partial charge in [-0.2, -0.15) is 0 Å². The van der Waals surface area contributed by atoms with E-state index in [1.165, 1.54) is 23.7 Å². The molecule has 0 aliphatic heterocycles. The minimum Gasteiger partial charge on any atom is -0.793 e. The minimum absolute atomic E-state index is 0. The Morgan fingerprint density at radius 2 is 0.438 bits per heavy atom. The standard InChI is InChI=1S/2C12H11O2P.4C4H9.2Sn/c2*13-15(14,11-7-3-1-4-8-11)12-9-5-2-6-10-12;4*1-4(2)3;;/h2*1-10H,(H,13,14);4*1-3H3;;/q;;;;;;2*+2/p-2. The summed E-state index contributed by atoms with van der Waals surface area (Å²) in [5, 5.41) is 1.43. The van der Waals surface area contributed by atoms with Crippen molar-refractivity contribution in [2.45, 2.75) is 83.1 Å². The van der Waals surface area contributed by atoms with Crippen molar-refractivity contribution in [2.24, 2.45) is 0 Å². The monoisotopic (exact) mass is 902 g/mol. The van der Waals surface area contributed by atoms with E-state index < -0.39 is 14.7 Å². The first-order valence-corrected chi connectivity index (χ1v) is 18.5. The van der Waals surface area contributed by atoms with Crippen LogP contribution in [0.15, 0.2) is 121 Å². The van der Waals surface area contributed by atoms with Crippen molar-refractivity contribution in [1.82, 2.24) is 0 Å². The van der Waals surface area contributed by atoms with Gasteiger partial charge < -0.3 is 18.9 Å². The van der Waals surface area contributed by atoms with Crippen LogP contribution in [0.1, 0.15) is 83.1 Å². The van der Waals surface area contributed by atoms with Gasteiger partial charge in [-0.25, -0.2) is 0 Å². The second-order valence-electron chi connectivity index (χ2n) is 12.4. The Balaban J connectivity index is -0.000000273. The molecule has 0 fully saturated rings. The molecule has 0 saturated carbocycles. The molecule has 0 bridgehead atoms. The summed E-state index contributed by atoms with van der Waals surface area (Å²) in [4.78, 5) is 24.1. The molecular formula is C40H56O4P2Sn2+2. The largest absolute Gasteiger partial charge is 2.00 e. The molecule has 0 atom stereocenters. The molecule has 0 unspecified atom stereocenters. The van der Waals surface area contributed by atoms with Crippen molar-refractivity contribution < 1.29 is 18.9 Å². The predicted molar refractivity (Wildman–Crippen MR) is 212 cm³/mol. The Hall–Kier alpha value is -1.14. The SMILES string of the molecule is C[C](C)C.C[C](C)C.C[C](C)C.C[C](C)C.O=P([O-])(c1ccccc1)c1ccccc1.O=P([O-])(c1ccccc1)c1ccccc1.[Sn+2].[Sn+2].